The van der Waals surface area contributed by atoms with Gasteiger partial charge >= 0.3 is 0 Å². The number of rotatable bonds is 6. The quantitative estimate of drug-likeness (QED) is 0.374. The third-order valence-electron chi connectivity index (χ3n) is 4.36. The van der Waals surface area contributed by atoms with E-state index in [0.717, 1.165) is 57.2 Å². The summed E-state index contributed by atoms with van der Waals surface area (Å²) in [6.07, 6.45) is 3.37. The van der Waals surface area contributed by atoms with Crippen LogP contribution in [0.5, 0.6) is 5.75 Å². The number of piperidine rings is 1. The van der Waals surface area contributed by atoms with Gasteiger partial charge < -0.3 is 15.0 Å². The third kappa shape index (κ3) is 6.46. The number of nitrogens with one attached hydrogen (secondary N) is 1. The van der Waals surface area contributed by atoms with Crippen LogP contribution in [0.3, 0.4) is 0 Å². The van der Waals surface area contributed by atoms with Crippen molar-refractivity contribution in [3.63, 3.8) is 0 Å². The summed E-state index contributed by atoms with van der Waals surface area (Å²) in [5, 5.41) is 7.76. The summed E-state index contributed by atoms with van der Waals surface area (Å²) in [4.78, 5) is 7.18. The lowest BCUT2D eigenvalue weighted by atomic mass is 10.1. The van der Waals surface area contributed by atoms with E-state index < -0.39 is 0 Å². The molecule has 2 heterocycles. The van der Waals surface area contributed by atoms with Crippen molar-refractivity contribution >= 4 is 41.3 Å². The Morgan fingerprint density at radius 3 is 2.65 bits per heavy atom. The SMILES string of the molecule is CCNC(=NCCc1ccsc1)N1CCC(Oc2ccccc2)CC1.I. The summed E-state index contributed by atoms with van der Waals surface area (Å²) in [5.74, 6) is 2.01. The number of halogens is 1. The Balaban J connectivity index is 0.00000243. The summed E-state index contributed by atoms with van der Waals surface area (Å²) < 4.78 is 6.09. The van der Waals surface area contributed by atoms with Gasteiger partial charge in [-0.2, -0.15) is 11.3 Å². The van der Waals surface area contributed by atoms with Gasteiger partial charge in [-0.25, -0.2) is 0 Å². The van der Waals surface area contributed by atoms with Crippen LogP contribution in [0, 0.1) is 0 Å². The molecule has 3 rings (SSSR count). The van der Waals surface area contributed by atoms with Crippen LogP contribution in [-0.2, 0) is 6.42 Å². The Hall–Kier alpha value is -1.28. The lowest BCUT2D eigenvalue weighted by Crippen LogP contribution is -2.47. The Kier molecular flexibility index (Phi) is 9.25. The van der Waals surface area contributed by atoms with Gasteiger partial charge in [0.05, 0.1) is 0 Å². The minimum Gasteiger partial charge on any atom is -0.490 e. The molecule has 142 valence electrons. The lowest BCUT2D eigenvalue weighted by Gasteiger charge is -2.34. The second-order valence-electron chi connectivity index (χ2n) is 6.23. The van der Waals surface area contributed by atoms with Gasteiger partial charge in [-0.1, -0.05) is 18.2 Å². The van der Waals surface area contributed by atoms with Gasteiger partial charge in [-0.3, -0.25) is 4.99 Å². The molecule has 0 saturated carbocycles. The fourth-order valence-corrected chi connectivity index (χ4v) is 3.73. The topological polar surface area (TPSA) is 36.9 Å². The minimum absolute atomic E-state index is 0. The van der Waals surface area contributed by atoms with Crippen LogP contribution in [0.25, 0.3) is 0 Å². The second-order valence-corrected chi connectivity index (χ2v) is 7.01. The third-order valence-corrected chi connectivity index (χ3v) is 5.10. The van der Waals surface area contributed by atoms with Crippen LogP contribution in [0.4, 0.5) is 0 Å². The van der Waals surface area contributed by atoms with Crippen LogP contribution in [0.2, 0.25) is 0 Å². The first-order chi connectivity index (χ1) is 12.3. The van der Waals surface area contributed by atoms with Gasteiger partial charge in [0.15, 0.2) is 5.96 Å². The molecule has 1 saturated heterocycles. The van der Waals surface area contributed by atoms with Gasteiger partial charge in [-0.05, 0) is 47.9 Å². The van der Waals surface area contributed by atoms with E-state index in [9.17, 15) is 0 Å². The molecule has 1 aromatic heterocycles. The molecule has 1 N–H and O–H groups in total. The highest BCUT2D eigenvalue weighted by Gasteiger charge is 2.22. The monoisotopic (exact) mass is 485 g/mol. The van der Waals surface area contributed by atoms with Crippen LogP contribution in [-0.4, -0.2) is 43.1 Å². The first kappa shape index (κ1) is 21.0. The Morgan fingerprint density at radius 2 is 2.00 bits per heavy atom. The number of guanidine groups is 1. The normalized spacial score (nSPS) is 15.4. The van der Waals surface area contributed by atoms with E-state index in [4.69, 9.17) is 9.73 Å². The van der Waals surface area contributed by atoms with Crippen molar-refractivity contribution in [3.8, 4) is 5.75 Å². The Bertz CT molecular complexity index is 640. The zero-order valence-electron chi connectivity index (χ0n) is 15.3. The second kappa shape index (κ2) is 11.4. The first-order valence-corrected chi connectivity index (χ1v) is 10.1. The maximum Gasteiger partial charge on any atom is 0.193 e. The van der Waals surface area contributed by atoms with Crippen LogP contribution < -0.4 is 10.1 Å². The summed E-state index contributed by atoms with van der Waals surface area (Å²) in [7, 11) is 0. The number of nitrogens with zero attached hydrogens (tertiary/aromatic N) is 2. The van der Waals surface area contributed by atoms with E-state index in [1.807, 2.05) is 30.3 Å². The molecule has 0 aliphatic carbocycles. The predicted molar refractivity (Wildman–Crippen MR) is 121 cm³/mol. The Labute approximate surface area is 177 Å². The average Bonchev–Trinajstić information content (AvgIpc) is 3.16. The zero-order valence-corrected chi connectivity index (χ0v) is 18.4. The standard InChI is InChI=1S/C20H27N3OS.HI/c1-2-21-20(22-12-8-17-11-15-25-16-17)23-13-9-19(10-14-23)24-18-6-4-3-5-7-18;/h3-7,11,15-16,19H,2,8-10,12-14H2,1H3,(H,21,22);1H. The van der Waals surface area contributed by atoms with Gasteiger partial charge in [0.2, 0.25) is 0 Å². The number of para-hydroxylation sites is 1. The van der Waals surface area contributed by atoms with Gasteiger partial charge in [0.1, 0.15) is 11.9 Å². The van der Waals surface area contributed by atoms with Crippen molar-refractivity contribution < 1.29 is 4.74 Å². The summed E-state index contributed by atoms with van der Waals surface area (Å²) in [6.45, 7) is 5.83. The molecule has 1 aromatic carbocycles. The minimum atomic E-state index is 0. The van der Waals surface area contributed by atoms with Crippen molar-refractivity contribution in [1.82, 2.24) is 10.2 Å². The maximum atomic E-state index is 6.09. The van der Waals surface area contributed by atoms with E-state index in [0.29, 0.717) is 6.10 Å². The highest BCUT2D eigenvalue weighted by Crippen LogP contribution is 2.18. The molecule has 26 heavy (non-hydrogen) atoms. The predicted octanol–water partition coefficient (Wildman–Crippen LogP) is 4.42. The van der Waals surface area contributed by atoms with Crippen molar-refractivity contribution in [2.75, 3.05) is 26.2 Å². The highest BCUT2D eigenvalue weighted by atomic mass is 127. The number of likely N-dealkylation sites (tertiary alicyclic amines) is 1. The summed E-state index contributed by atoms with van der Waals surface area (Å²) >= 11 is 1.75. The molecular formula is C20H28IN3OS. The van der Waals surface area contributed by atoms with E-state index in [1.54, 1.807) is 11.3 Å². The van der Waals surface area contributed by atoms with Crippen LogP contribution in [0.15, 0.2) is 52.2 Å². The number of benzene rings is 1. The van der Waals surface area contributed by atoms with Crippen molar-refractivity contribution in [2.45, 2.75) is 32.3 Å². The molecule has 0 amide bonds. The Morgan fingerprint density at radius 1 is 1.23 bits per heavy atom. The first-order valence-electron chi connectivity index (χ1n) is 9.11. The molecular weight excluding hydrogens is 457 g/mol. The molecule has 0 unspecified atom stereocenters. The number of ether oxygens (including phenoxy) is 1. The zero-order chi connectivity index (χ0) is 17.3. The van der Waals surface area contributed by atoms with Gasteiger partial charge in [0.25, 0.3) is 0 Å². The van der Waals surface area contributed by atoms with Gasteiger partial charge in [-0.15, -0.1) is 24.0 Å². The van der Waals surface area contributed by atoms with Crippen LogP contribution >= 0.6 is 35.3 Å². The van der Waals surface area contributed by atoms with E-state index in [2.05, 4.69) is 34.0 Å². The number of thiophene rings is 1. The summed E-state index contributed by atoms with van der Waals surface area (Å²) in [5.41, 5.74) is 1.37. The molecule has 0 atom stereocenters. The molecule has 6 heteroatoms. The molecule has 0 bridgehead atoms. The van der Waals surface area contributed by atoms with E-state index >= 15 is 0 Å². The fourth-order valence-electron chi connectivity index (χ4n) is 3.03. The average molecular weight is 485 g/mol. The largest absolute Gasteiger partial charge is 0.490 e. The molecule has 1 fully saturated rings. The fraction of sp³-hybridized carbons (Fsp3) is 0.450. The van der Waals surface area contributed by atoms with Gasteiger partial charge in [0, 0.05) is 39.0 Å². The molecule has 4 nitrogen and oxygen atoms in total. The molecule has 0 spiro atoms. The number of hydrogen-bond donors (Lipinski definition) is 1. The maximum absolute atomic E-state index is 6.09. The lowest BCUT2D eigenvalue weighted by molar-refractivity contribution is 0.129. The molecule has 1 aliphatic heterocycles. The van der Waals surface area contributed by atoms with Crippen molar-refractivity contribution in [2.24, 2.45) is 4.99 Å². The molecule has 1 aliphatic rings. The van der Waals surface area contributed by atoms with E-state index in [-0.39, 0.29) is 24.0 Å². The van der Waals surface area contributed by atoms with Crippen molar-refractivity contribution in [3.05, 3.63) is 52.7 Å². The number of hydrogen-bond acceptors (Lipinski definition) is 3. The van der Waals surface area contributed by atoms with Crippen LogP contribution in [0.1, 0.15) is 25.3 Å². The highest BCUT2D eigenvalue weighted by molar-refractivity contribution is 14.0. The number of aliphatic imine (C=N–C) groups is 1. The molecule has 2 aromatic rings. The van der Waals surface area contributed by atoms with E-state index in [1.165, 1.54) is 5.56 Å². The smallest absolute Gasteiger partial charge is 0.193 e. The molecule has 0 radical (unpaired) electrons. The summed E-state index contributed by atoms with van der Waals surface area (Å²) in [6, 6.07) is 12.3. The van der Waals surface area contributed by atoms with Crippen molar-refractivity contribution in [1.29, 1.82) is 0 Å².